The largest absolute Gasteiger partial charge is 0.388 e. The fraction of sp³-hybridized carbons (Fsp3) is 0.647. The maximum Gasteiger partial charge on any atom is 0.0790 e. The van der Waals surface area contributed by atoms with Crippen LogP contribution in [0.2, 0.25) is 0 Å². The van der Waals surface area contributed by atoms with Crippen LogP contribution >= 0.6 is 0 Å². The van der Waals surface area contributed by atoms with Gasteiger partial charge < -0.3 is 14.7 Å². The van der Waals surface area contributed by atoms with E-state index in [1.54, 1.807) is 7.11 Å². The van der Waals surface area contributed by atoms with Crippen molar-refractivity contribution in [2.24, 2.45) is 0 Å². The van der Waals surface area contributed by atoms with Crippen LogP contribution in [-0.2, 0) is 4.74 Å². The second-order valence-corrected chi connectivity index (χ2v) is 5.85. The van der Waals surface area contributed by atoms with Crippen molar-refractivity contribution >= 4 is 0 Å². The molecule has 20 heavy (non-hydrogen) atoms. The molecule has 2 rings (SSSR count). The molecule has 1 unspecified atom stereocenters. The van der Waals surface area contributed by atoms with Gasteiger partial charge in [0.25, 0.3) is 0 Å². The van der Waals surface area contributed by atoms with E-state index in [4.69, 9.17) is 4.74 Å². The van der Waals surface area contributed by atoms with E-state index in [-0.39, 0.29) is 6.10 Å². The number of ether oxygens (including phenoxy) is 1. The number of likely N-dealkylation sites (tertiary alicyclic amines) is 1. The third-order valence-corrected chi connectivity index (χ3v) is 4.28. The molecule has 1 aliphatic rings. The van der Waals surface area contributed by atoms with E-state index in [0.29, 0.717) is 6.10 Å². The van der Waals surface area contributed by atoms with Crippen LogP contribution in [0, 0.1) is 6.92 Å². The van der Waals surface area contributed by atoms with Crippen molar-refractivity contribution in [1.82, 2.24) is 4.90 Å². The molecule has 1 saturated heterocycles. The van der Waals surface area contributed by atoms with Gasteiger partial charge in [-0.1, -0.05) is 29.8 Å². The van der Waals surface area contributed by atoms with Gasteiger partial charge in [-0.2, -0.15) is 0 Å². The van der Waals surface area contributed by atoms with Crippen LogP contribution in [0.25, 0.3) is 0 Å². The topological polar surface area (TPSA) is 32.7 Å². The van der Waals surface area contributed by atoms with Crippen LogP contribution in [-0.4, -0.2) is 42.9 Å². The van der Waals surface area contributed by atoms with Crippen LogP contribution in [0.5, 0.6) is 0 Å². The number of benzene rings is 1. The lowest BCUT2D eigenvalue weighted by atomic mass is 10.0. The average Bonchev–Trinajstić information content (AvgIpc) is 2.48. The fourth-order valence-electron chi connectivity index (χ4n) is 2.83. The summed E-state index contributed by atoms with van der Waals surface area (Å²) in [5, 5.41) is 10.2. The molecule has 0 aliphatic carbocycles. The summed E-state index contributed by atoms with van der Waals surface area (Å²) in [7, 11) is 1.80. The number of aliphatic hydroxyl groups excluding tert-OH is 1. The molecule has 1 aromatic rings. The molecule has 0 bridgehead atoms. The van der Waals surface area contributed by atoms with Crippen molar-refractivity contribution in [2.45, 2.75) is 44.8 Å². The molecule has 0 saturated carbocycles. The summed E-state index contributed by atoms with van der Waals surface area (Å²) < 4.78 is 5.38. The highest BCUT2D eigenvalue weighted by Crippen LogP contribution is 2.20. The Morgan fingerprint density at radius 1 is 1.25 bits per heavy atom. The van der Waals surface area contributed by atoms with E-state index in [0.717, 1.165) is 50.9 Å². The SMILES string of the molecule is COC1CCN(CCCC(O)c2ccc(C)cc2)CC1. The normalized spacial score (nSPS) is 19.1. The average molecular weight is 277 g/mol. The highest BCUT2D eigenvalue weighted by molar-refractivity contribution is 5.22. The molecule has 0 spiro atoms. The van der Waals surface area contributed by atoms with Crippen LogP contribution in [0.3, 0.4) is 0 Å². The molecular weight excluding hydrogens is 250 g/mol. The predicted molar refractivity (Wildman–Crippen MR) is 81.8 cm³/mol. The Balaban J connectivity index is 1.67. The van der Waals surface area contributed by atoms with Crippen molar-refractivity contribution in [3.8, 4) is 0 Å². The summed E-state index contributed by atoms with van der Waals surface area (Å²) in [6.07, 6.45) is 4.28. The zero-order chi connectivity index (χ0) is 14.4. The lowest BCUT2D eigenvalue weighted by molar-refractivity contribution is 0.0394. The zero-order valence-electron chi connectivity index (χ0n) is 12.7. The smallest absolute Gasteiger partial charge is 0.0790 e. The third kappa shape index (κ3) is 4.58. The second-order valence-electron chi connectivity index (χ2n) is 5.85. The van der Waals surface area contributed by atoms with Gasteiger partial charge in [-0.25, -0.2) is 0 Å². The summed E-state index contributed by atoms with van der Waals surface area (Å²) in [5.41, 5.74) is 2.27. The van der Waals surface area contributed by atoms with Gasteiger partial charge >= 0.3 is 0 Å². The molecule has 1 atom stereocenters. The molecule has 1 aliphatic heterocycles. The summed E-state index contributed by atoms with van der Waals surface area (Å²) in [5.74, 6) is 0. The standard InChI is InChI=1S/C17H27NO2/c1-14-5-7-15(8-6-14)17(19)4-3-11-18-12-9-16(20-2)10-13-18/h5-8,16-17,19H,3-4,9-13H2,1-2H3. The summed E-state index contributed by atoms with van der Waals surface area (Å²) in [6.45, 7) is 5.40. The number of nitrogens with zero attached hydrogens (tertiary/aromatic N) is 1. The van der Waals surface area contributed by atoms with Crippen molar-refractivity contribution < 1.29 is 9.84 Å². The Hall–Kier alpha value is -0.900. The minimum Gasteiger partial charge on any atom is -0.388 e. The first-order valence-corrected chi connectivity index (χ1v) is 7.69. The van der Waals surface area contributed by atoms with E-state index < -0.39 is 0 Å². The number of piperidine rings is 1. The van der Waals surface area contributed by atoms with Gasteiger partial charge in [0, 0.05) is 20.2 Å². The number of hydrogen-bond donors (Lipinski definition) is 1. The number of rotatable bonds is 6. The van der Waals surface area contributed by atoms with E-state index in [2.05, 4.69) is 24.0 Å². The van der Waals surface area contributed by atoms with E-state index in [9.17, 15) is 5.11 Å². The molecule has 0 amide bonds. The van der Waals surface area contributed by atoms with Crippen molar-refractivity contribution in [3.05, 3.63) is 35.4 Å². The number of hydrogen-bond acceptors (Lipinski definition) is 3. The summed E-state index contributed by atoms with van der Waals surface area (Å²) in [4.78, 5) is 2.48. The Morgan fingerprint density at radius 3 is 2.50 bits per heavy atom. The van der Waals surface area contributed by atoms with Gasteiger partial charge in [-0.3, -0.25) is 0 Å². The Kier molecular flexibility index (Phi) is 6.02. The molecule has 1 fully saturated rings. The molecule has 0 aromatic heterocycles. The highest BCUT2D eigenvalue weighted by atomic mass is 16.5. The van der Waals surface area contributed by atoms with E-state index >= 15 is 0 Å². The zero-order valence-corrected chi connectivity index (χ0v) is 12.7. The van der Waals surface area contributed by atoms with E-state index in [1.165, 1.54) is 5.56 Å². The lowest BCUT2D eigenvalue weighted by Crippen LogP contribution is -2.37. The third-order valence-electron chi connectivity index (χ3n) is 4.28. The van der Waals surface area contributed by atoms with Crippen molar-refractivity contribution in [3.63, 3.8) is 0 Å². The Bertz CT molecular complexity index is 382. The minimum atomic E-state index is -0.327. The molecule has 1 N–H and O–H groups in total. The first-order chi connectivity index (χ1) is 9.69. The minimum absolute atomic E-state index is 0.327. The Morgan fingerprint density at radius 2 is 1.90 bits per heavy atom. The molecule has 3 heteroatoms. The van der Waals surface area contributed by atoms with Gasteiger partial charge in [0.05, 0.1) is 12.2 Å². The summed E-state index contributed by atoms with van der Waals surface area (Å²) in [6, 6.07) is 8.19. The van der Waals surface area contributed by atoms with Crippen molar-refractivity contribution in [2.75, 3.05) is 26.7 Å². The van der Waals surface area contributed by atoms with Gasteiger partial charge in [0.2, 0.25) is 0 Å². The van der Waals surface area contributed by atoms with E-state index in [1.807, 2.05) is 12.1 Å². The molecule has 3 nitrogen and oxygen atoms in total. The lowest BCUT2D eigenvalue weighted by Gasteiger charge is -2.31. The highest BCUT2D eigenvalue weighted by Gasteiger charge is 2.18. The number of methoxy groups -OCH3 is 1. The fourth-order valence-corrected chi connectivity index (χ4v) is 2.83. The van der Waals surface area contributed by atoms with Crippen molar-refractivity contribution in [1.29, 1.82) is 0 Å². The molecular formula is C17H27NO2. The second kappa shape index (κ2) is 7.77. The van der Waals surface area contributed by atoms with Crippen LogP contribution in [0.4, 0.5) is 0 Å². The molecule has 112 valence electrons. The number of aryl methyl sites for hydroxylation is 1. The van der Waals surface area contributed by atoms with Gasteiger partial charge in [-0.05, 0) is 44.7 Å². The molecule has 0 radical (unpaired) electrons. The Labute approximate surface area is 122 Å². The first kappa shape index (κ1) is 15.5. The van der Waals surface area contributed by atoms with Crippen LogP contribution in [0.15, 0.2) is 24.3 Å². The quantitative estimate of drug-likeness (QED) is 0.868. The maximum atomic E-state index is 10.2. The van der Waals surface area contributed by atoms with Gasteiger partial charge in [-0.15, -0.1) is 0 Å². The summed E-state index contributed by atoms with van der Waals surface area (Å²) >= 11 is 0. The van der Waals surface area contributed by atoms with Gasteiger partial charge in [0.15, 0.2) is 0 Å². The molecule has 1 aromatic carbocycles. The number of aliphatic hydroxyl groups is 1. The first-order valence-electron chi connectivity index (χ1n) is 7.69. The predicted octanol–water partition coefficient (Wildman–Crippen LogP) is 2.92. The maximum absolute atomic E-state index is 10.2. The monoisotopic (exact) mass is 277 g/mol. The van der Waals surface area contributed by atoms with Gasteiger partial charge in [0.1, 0.15) is 0 Å². The van der Waals surface area contributed by atoms with Crippen LogP contribution in [0.1, 0.15) is 42.9 Å². The molecule has 1 heterocycles. The van der Waals surface area contributed by atoms with Crippen LogP contribution < -0.4 is 0 Å².